The molecule has 0 amide bonds. The van der Waals surface area contributed by atoms with Crippen molar-refractivity contribution in [1.82, 2.24) is 0 Å². The van der Waals surface area contributed by atoms with Crippen LogP contribution in [0.3, 0.4) is 0 Å². The third-order valence-electron chi connectivity index (χ3n) is 3.58. The topological polar surface area (TPSA) is 40.5 Å². The molecule has 0 aliphatic rings. The van der Waals surface area contributed by atoms with Gasteiger partial charge in [0, 0.05) is 0 Å². The Kier molecular flexibility index (Phi) is 8.63. The molecule has 0 aromatic rings. The summed E-state index contributed by atoms with van der Waals surface area (Å²) in [4.78, 5) is 21.4. The van der Waals surface area contributed by atoms with E-state index in [9.17, 15) is 9.79 Å². The second-order valence-corrected chi connectivity index (χ2v) is 10.1. The monoisotopic (exact) mass is 264 g/mol. The minimum atomic E-state index is -3.31. The van der Waals surface area contributed by atoms with Crippen LogP contribution in [0.5, 0.6) is 0 Å². The maximum absolute atomic E-state index is 10.7. The average Bonchev–Trinajstić information content (AvgIpc) is 2.31. The van der Waals surface area contributed by atoms with Crippen LogP contribution in [0.25, 0.3) is 0 Å². The van der Waals surface area contributed by atoms with E-state index in [1.807, 2.05) is 0 Å². The van der Waals surface area contributed by atoms with Crippen molar-refractivity contribution in [1.29, 1.82) is 0 Å². The molecule has 2 N–H and O–H groups in total. The van der Waals surface area contributed by atoms with Gasteiger partial charge in [-0.1, -0.05) is 0 Å². The van der Waals surface area contributed by atoms with Gasteiger partial charge in [0.15, 0.2) is 0 Å². The van der Waals surface area contributed by atoms with Gasteiger partial charge in [-0.25, -0.2) is 0 Å². The van der Waals surface area contributed by atoms with E-state index in [-0.39, 0.29) is 0 Å². The van der Waals surface area contributed by atoms with Gasteiger partial charge in [0.1, 0.15) is 0 Å². The second kappa shape index (κ2) is 8.45. The van der Waals surface area contributed by atoms with Crippen LogP contribution in [0.2, 0.25) is 0 Å². The summed E-state index contributed by atoms with van der Waals surface area (Å²) in [5.74, 6) is 0. The predicted molar refractivity (Wildman–Crippen MR) is 79.9 cm³/mol. The van der Waals surface area contributed by atoms with E-state index in [4.69, 9.17) is 0 Å². The van der Waals surface area contributed by atoms with Gasteiger partial charge in [0.05, 0.1) is 0 Å². The Labute approximate surface area is 108 Å². The Morgan fingerprint density at radius 2 is 1.00 bits per heavy atom. The molecule has 0 aromatic heterocycles. The fourth-order valence-corrected chi connectivity index (χ4v) is 6.00. The summed E-state index contributed by atoms with van der Waals surface area (Å²) in [5.41, 5.74) is 0. The van der Waals surface area contributed by atoms with Crippen LogP contribution < -0.4 is 0 Å². The third kappa shape index (κ3) is 8.13. The molecule has 0 aliphatic heterocycles. The Hall–Kier alpha value is 0.350. The van der Waals surface area contributed by atoms with Crippen molar-refractivity contribution in [3.63, 3.8) is 0 Å². The average molecular weight is 264 g/mol. The van der Waals surface area contributed by atoms with Crippen LogP contribution in [0.15, 0.2) is 0 Å². The van der Waals surface area contributed by atoms with E-state index >= 15 is 0 Å². The van der Waals surface area contributed by atoms with Crippen LogP contribution in [0, 0.1) is 0 Å². The van der Waals surface area contributed by atoms with Crippen LogP contribution in [0.1, 0.15) is 72.1 Å². The van der Waals surface area contributed by atoms with E-state index in [0.717, 1.165) is 38.5 Å². The van der Waals surface area contributed by atoms with Gasteiger partial charge in [-0.2, -0.15) is 0 Å². The zero-order valence-corrected chi connectivity index (χ0v) is 13.0. The fraction of sp³-hybridized carbons (Fsp3) is 1.00. The van der Waals surface area contributed by atoms with Crippen molar-refractivity contribution in [3.05, 3.63) is 0 Å². The van der Waals surface area contributed by atoms with Crippen molar-refractivity contribution in [3.8, 4) is 0 Å². The molecule has 0 aromatic carbocycles. The number of unbranched alkanes of at least 4 members (excludes halogenated alkanes) is 5. The molecule has 2 nitrogen and oxygen atoms in total. The summed E-state index contributed by atoms with van der Waals surface area (Å²) in [6.45, 7) is 6.42. The van der Waals surface area contributed by atoms with Gasteiger partial charge in [-0.05, 0) is 0 Å². The van der Waals surface area contributed by atoms with Gasteiger partial charge in [-0.15, -0.1) is 0 Å². The molecule has 0 aliphatic carbocycles. The Bertz CT molecular complexity index is 181. The standard InChI is InChI=1S/C14H33O2P/c1-4-7-10-11-14-17(15,16,12-8-5-2)13-9-6-3/h15-16H,4-14H2,1-3H3. The molecule has 0 bridgehead atoms. The molecule has 0 rings (SSSR count). The van der Waals surface area contributed by atoms with Crippen molar-refractivity contribution in [2.75, 3.05) is 18.5 Å². The molecule has 17 heavy (non-hydrogen) atoms. The van der Waals surface area contributed by atoms with Gasteiger partial charge in [-0.3, -0.25) is 0 Å². The fourth-order valence-electron chi connectivity index (χ4n) is 2.29. The van der Waals surface area contributed by atoms with E-state index in [0.29, 0.717) is 18.5 Å². The molecule has 3 heteroatoms. The number of rotatable bonds is 11. The first kappa shape index (κ1) is 17.4. The molecule has 0 heterocycles. The summed E-state index contributed by atoms with van der Waals surface area (Å²) in [7, 11) is -3.31. The summed E-state index contributed by atoms with van der Waals surface area (Å²) in [6, 6.07) is 0. The minimum absolute atomic E-state index is 0.661. The first-order chi connectivity index (χ1) is 7.96. The van der Waals surface area contributed by atoms with E-state index in [1.54, 1.807) is 0 Å². The Balaban J connectivity index is 4.25. The third-order valence-corrected chi connectivity index (χ3v) is 7.63. The van der Waals surface area contributed by atoms with Crippen LogP contribution in [0.4, 0.5) is 0 Å². The first-order valence-electron chi connectivity index (χ1n) is 7.47. The van der Waals surface area contributed by atoms with Crippen LogP contribution in [-0.4, -0.2) is 28.3 Å². The van der Waals surface area contributed by atoms with Crippen molar-refractivity contribution >= 4 is 7.06 Å². The zero-order valence-electron chi connectivity index (χ0n) is 12.1. The van der Waals surface area contributed by atoms with Gasteiger partial charge in [0.25, 0.3) is 0 Å². The molecular weight excluding hydrogens is 231 g/mol. The molecule has 0 saturated carbocycles. The quantitative estimate of drug-likeness (QED) is 0.425. The van der Waals surface area contributed by atoms with E-state index in [2.05, 4.69) is 20.8 Å². The number of hydrogen-bond acceptors (Lipinski definition) is 2. The van der Waals surface area contributed by atoms with Crippen LogP contribution in [-0.2, 0) is 0 Å². The van der Waals surface area contributed by atoms with Crippen molar-refractivity contribution < 1.29 is 9.79 Å². The summed E-state index contributed by atoms with van der Waals surface area (Å²) < 4.78 is 0. The number of hydrogen-bond donors (Lipinski definition) is 2. The van der Waals surface area contributed by atoms with Crippen molar-refractivity contribution in [2.24, 2.45) is 0 Å². The molecule has 0 saturated heterocycles. The van der Waals surface area contributed by atoms with Gasteiger partial charge < -0.3 is 0 Å². The first-order valence-corrected chi connectivity index (χ1v) is 10.2. The van der Waals surface area contributed by atoms with E-state index in [1.165, 1.54) is 12.8 Å². The van der Waals surface area contributed by atoms with E-state index < -0.39 is 7.06 Å². The normalized spacial score (nSPS) is 14.5. The molecular formula is C14H33O2P. The molecule has 0 spiro atoms. The Morgan fingerprint density at radius 1 is 0.588 bits per heavy atom. The second-order valence-electron chi connectivity index (χ2n) is 5.55. The molecule has 106 valence electrons. The summed E-state index contributed by atoms with van der Waals surface area (Å²) >= 11 is 0. The van der Waals surface area contributed by atoms with Gasteiger partial charge in [0.2, 0.25) is 0 Å². The molecule has 0 unspecified atom stereocenters. The molecule has 0 atom stereocenters. The zero-order chi connectivity index (χ0) is 13.2. The SMILES string of the molecule is CCCCCCP(O)(O)(CCCC)CCCC. The summed E-state index contributed by atoms with van der Waals surface area (Å²) in [5, 5.41) is 0. The maximum atomic E-state index is 10.7. The molecule has 0 fully saturated rings. The Morgan fingerprint density at radius 3 is 1.41 bits per heavy atom. The summed E-state index contributed by atoms with van der Waals surface area (Å²) in [6.07, 6.45) is 10.6. The van der Waals surface area contributed by atoms with Crippen LogP contribution >= 0.6 is 7.06 Å². The predicted octanol–water partition coefficient (Wildman–Crippen LogP) is 4.53. The van der Waals surface area contributed by atoms with Crippen molar-refractivity contribution in [2.45, 2.75) is 72.1 Å². The van der Waals surface area contributed by atoms with Gasteiger partial charge >= 0.3 is 107 Å². The molecule has 0 radical (unpaired) electrons.